The molecule has 1 atom stereocenters. The Bertz CT molecular complexity index is 727. The molecule has 0 aliphatic heterocycles. The highest BCUT2D eigenvalue weighted by molar-refractivity contribution is 5.94. The Morgan fingerprint density at radius 1 is 1.27 bits per heavy atom. The number of ether oxygens (including phenoxy) is 2. The summed E-state index contributed by atoms with van der Waals surface area (Å²) in [5, 5.41) is 6.62. The van der Waals surface area contributed by atoms with Crippen molar-refractivity contribution in [1.82, 2.24) is 9.78 Å². The summed E-state index contributed by atoms with van der Waals surface area (Å²) >= 11 is 0. The van der Waals surface area contributed by atoms with Crippen molar-refractivity contribution in [3.05, 3.63) is 46.9 Å². The fourth-order valence-corrected chi connectivity index (χ4v) is 1.91. The van der Waals surface area contributed by atoms with Gasteiger partial charge in [-0.1, -0.05) is 0 Å². The second kappa shape index (κ2) is 6.75. The third kappa shape index (κ3) is 3.25. The minimum absolute atomic E-state index is 0.341. The van der Waals surface area contributed by atoms with Crippen LogP contribution in [0.4, 0.5) is 5.69 Å². The zero-order valence-corrected chi connectivity index (χ0v) is 12.6. The fraction of sp³-hybridized carbons (Fsp3) is 0.267. The Labute approximate surface area is 127 Å². The van der Waals surface area contributed by atoms with Gasteiger partial charge in [0, 0.05) is 18.3 Å². The van der Waals surface area contributed by atoms with Gasteiger partial charge in [-0.3, -0.25) is 9.59 Å². The van der Waals surface area contributed by atoms with E-state index in [0.717, 1.165) is 4.68 Å². The van der Waals surface area contributed by atoms with E-state index in [-0.39, 0.29) is 11.5 Å². The molecule has 7 heteroatoms. The van der Waals surface area contributed by atoms with E-state index < -0.39 is 6.04 Å². The number of nitrogens with one attached hydrogen (secondary N) is 1. The third-order valence-electron chi connectivity index (χ3n) is 3.15. The summed E-state index contributed by atoms with van der Waals surface area (Å²) in [7, 11) is 3.04. The summed E-state index contributed by atoms with van der Waals surface area (Å²) in [6.07, 6.45) is 1.46. The molecule has 1 aromatic carbocycles. The molecule has 0 spiro atoms. The predicted octanol–water partition coefficient (Wildman–Crippen LogP) is 1.46. The number of hydrogen-bond donors (Lipinski definition) is 1. The molecule has 0 bridgehead atoms. The van der Waals surface area contributed by atoms with E-state index in [1.165, 1.54) is 25.4 Å². The molecule has 116 valence electrons. The smallest absolute Gasteiger partial charge is 0.267 e. The number of benzene rings is 1. The number of methoxy groups -OCH3 is 2. The minimum Gasteiger partial charge on any atom is -0.497 e. The van der Waals surface area contributed by atoms with Crippen LogP contribution in [0, 0.1) is 0 Å². The molecule has 1 unspecified atom stereocenters. The van der Waals surface area contributed by atoms with Gasteiger partial charge in [0.05, 0.1) is 19.9 Å². The summed E-state index contributed by atoms with van der Waals surface area (Å²) in [4.78, 5) is 24.0. The Morgan fingerprint density at radius 3 is 2.68 bits per heavy atom. The first-order chi connectivity index (χ1) is 10.6. The van der Waals surface area contributed by atoms with Crippen molar-refractivity contribution in [2.45, 2.75) is 13.0 Å². The Kier molecular flexibility index (Phi) is 4.77. The van der Waals surface area contributed by atoms with E-state index in [0.29, 0.717) is 17.2 Å². The molecule has 0 saturated heterocycles. The van der Waals surface area contributed by atoms with Crippen molar-refractivity contribution in [2.24, 2.45) is 0 Å². The fourth-order valence-electron chi connectivity index (χ4n) is 1.91. The van der Waals surface area contributed by atoms with Crippen molar-refractivity contribution in [3.8, 4) is 11.5 Å². The molecule has 1 heterocycles. The lowest BCUT2D eigenvalue weighted by molar-refractivity contribution is -0.119. The number of nitrogens with zero attached hydrogens (tertiary/aromatic N) is 2. The van der Waals surface area contributed by atoms with Crippen LogP contribution in [0.2, 0.25) is 0 Å². The first-order valence-corrected chi connectivity index (χ1v) is 6.63. The van der Waals surface area contributed by atoms with Crippen LogP contribution in [0.25, 0.3) is 0 Å². The largest absolute Gasteiger partial charge is 0.497 e. The van der Waals surface area contributed by atoms with Crippen LogP contribution < -0.4 is 20.3 Å². The van der Waals surface area contributed by atoms with Gasteiger partial charge in [0.25, 0.3) is 5.56 Å². The molecular weight excluding hydrogens is 286 g/mol. The molecule has 0 aliphatic rings. The van der Waals surface area contributed by atoms with Gasteiger partial charge in [0.2, 0.25) is 5.91 Å². The monoisotopic (exact) mass is 303 g/mol. The number of carbonyl (C=O) groups is 1. The Hall–Kier alpha value is -2.83. The van der Waals surface area contributed by atoms with Crippen LogP contribution in [0.1, 0.15) is 13.0 Å². The SMILES string of the molecule is COc1ccc(NC(=O)C(C)n2ncccc2=O)c(OC)c1. The van der Waals surface area contributed by atoms with Gasteiger partial charge in [0.15, 0.2) is 0 Å². The summed E-state index contributed by atoms with van der Waals surface area (Å²) in [6, 6.07) is 7.16. The molecule has 0 aliphatic carbocycles. The first-order valence-electron chi connectivity index (χ1n) is 6.63. The maximum absolute atomic E-state index is 12.3. The van der Waals surface area contributed by atoms with E-state index in [9.17, 15) is 9.59 Å². The highest BCUT2D eigenvalue weighted by Gasteiger charge is 2.18. The quantitative estimate of drug-likeness (QED) is 0.904. The number of amides is 1. The van der Waals surface area contributed by atoms with Gasteiger partial charge in [-0.15, -0.1) is 0 Å². The van der Waals surface area contributed by atoms with Crippen molar-refractivity contribution in [1.29, 1.82) is 0 Å². The maximum Gasteiger partial charge on any atom is 0.267 e. The molecule has 1 N–H and O–H groups in total. The molecule has 2 rings (SSSR count). The van der Waals surface area contributed by atoms with E-state index in [1.807, 2.05) is 0 Å². The van der Waals surface area contributed by atoms with E-state index in [2.05, 4.69) is 10.4 Å². The Balaban J connectivity index is 2.22. The van der Waals surface area contributed by atoms with Crippen LogP contribution >= 0.6 is 0 Å². The van der Waals surface area contributed by atoms with Gasteiger partial charge >= 0.3 is 0 Å². The highest BCUT2D eigenvalue weighted by Crippen LogP contribution is 2.29. The molecule has 0 saturated carbocycles. The van der Waals surface area contributed by atoms with Crippen LogP contribution in [0.15, 0.2) is 41.3 Å². The van der Waals surface area contributed by atoms with E-state index >= 15 is 0 Å². The topological polar surface area (TPSA) is 82.5 Å². The average molecular weight is 303 g/mol. The maximum atomic E-state index is 12.3. The summed E-state index contributed by atoms with van der Waals surface area (Å²) in [5.41, 5.74) is 0.149. The van der Waals surface area contributed by atoms with Crippen molar-refractivity contribution < 1.29 is 14.3 Å². The van der Waals surface area contributed by atoms with Gasteiger partial charge in [-0.25, -0.2) is 4.68 Å². The molecular formula is C15H17N3O4. The van der Waals surface area contributed by atoms with E-state index in [4.69, 9.17) is 9.47 Å². The molecule has 1 amide bonds. The molecule has 1 aromatic heterocycles. The molecule has 0 radical (unpaired) electrons. The van der Waals surface area contributed by atoms with Gasteiger partial charge in [-0.05, 0) is 25.1 Å². The summed E-state index contributed by atoms with van der Waals surface area (Å²) in [6.45, 7) is 1.60. The second-order valence-electron chi connectivity index (χ2n) is 4.54. The second-order valence-corrected chi connectivity index (χ2v) is 4.54. The highest BCUT2D eigenvalue weighted by atomic mass is 16.5. The number of anilines is 1. The standard InChI is InChI=1S/C15H17N3O4/c1-10(18-14(19)5-4-8-16-18)15(20)17-12-7-6-11(21-2)9-13(12)22-3/h4-10H,1-3H3,(H,17,20). The van der Waals surface area contributed by atoms with Crippen LogP contribution in [0.5, 0.6) is 11.5 Å². The predicted molar refractivity (Wildman–Crippen MR) is 81.4 cm³/mol. The summed E-state index contributed by atoms with van der Waals surface area (Å²) < 4.78 is 11.4. The number of carbonyl (C=O) groups excluding carboxylic acids is 1. The van der Waals surface area contributed by atoms with Crippen molar-refractivity contribution in [2.75, 3.05) is 19.5 Å². The number of aromatic nitrogens is 2. The van der Waals surface area contributed by atoms with Crippen LogP contribution in [0.3, 0.4) is 0 Å². The zero-order valence-electron chi connectivity index (χ0n) is 12.6. The average Bonchev–Trinajstić information content (AvgIpc) is 2.55. The Morgan fingerprint density at radius 2 is 2.05 bits per heavy atom. The van der Waals surface area contributed by atoms with Gasteiger partial charge in [0.1, 0.15) is 17.5 Å². The van der Waals surface area contributed by atoms with Crippen molar-refractivity contribution >= 4 is 11.6 Å². The zero-order chi connectivity index (χ0) is 16.1. The summed E-state index contributed by atoms with van der Waals surface area (Å²) in [5.74, 6) is 0.710. The number of rotatable bonds is 5. The lowest BCUT2D eigenvalue weighted by Crippen LogP contribution is -2.32. The minimum atomic E-state index is -0.750. The molecule has 0 fully saturated rings. The molecule has 22 heavy (non-hydrogen) atoms. The third-order valence-corrected chi connectivity index (χ3v) is 3.15. The van der Waals surface area contributed by atoms with Crippen molar-refractivity contribution in [3.63, 3.8) is 0 Å². The number of hydrogen-bond acceptors (Lipinski definition) is 5. The van der Waals surface area contributed by atoms with Gasteiger partial charge in [-0.2, -0.15) is 5.10 Å². The van der Waals surface area contributed by atoms with Crippen LogP contribution in [-0.2, 0) is 4.79 Å². The van der Waals surface area contributed by atoms with Gasteiger partial charge < -0.3 is 14.8 Å². The normalized spacial score (nSPS) is 11.6. The lowest BCUT2D eigenvalue weighted by atomic mass is 10.2. The lowest BCUT2D eigenvalue weighted by Gasteiger charge is -2.15. The first kappa shape index (κ1) is 15.6. The molecule has 2 aromatic rings. The van der Waals surface area contributed by atoms with Crippen LogP contribution in [-0.4, -0.2) is 29.9 Å². The molecule has 7 nitrogen and oxygen atoms in total. The van der Waals surface area contributed by atoms with E-state index in [1.54, 1.807) is 32.2 Å².